The minimum atomic E-state index is -1.29. The molecule has 0 fully saturated rings. The Bertz CT molecular complexity index is 413. The second kappa shape index (κ2) is 6.69. The molecule has 1 atom stereocenters. The molecule has 0 aliphatic carbocycles. The topological polar surface area (TPSA) is 148 Å². The minimum absolute atomic E-state index is 0.0528. The highest BCUT2D eigenvalue weighted by atomic mass is 16.5. The maximum atomic E-state index is 10.7. The summed E-state index contributed by atoms with van der Waals surface area (Å²) in [5, 5.41) is 12.0. The standard InChI is InChI=1S/C9H16N6O3/c1-18-4-8-13-6(2-7(14-8)15-11)12-3-5(16)9(10)17/h2,5,16H,3-4,11H2,1H3,(H2,10,17)(H2,12,13,14,15). The van der Waals surface area contributed by atoms with Crippen molar-refractivity contribution in [3.63, 3.8) is 0 Å². The van der Waals surface area contributed by atoms with Gasteiger partial charge < -0.3 is 26.3 Å². The van der Waals surface area contributed by atoms with Gasteiger partial charge in [-0.3, -0.25) is 4.79 Å². The van der Waals surface area contributed by atoms with Crippen molar-refractivity contribution >= 4 is 17.5 Å². The number of rotatable bonds is 7. The van der Waals surface area contributed by atoms with Gasteiger partial charge in [0.05, 0.1) is 6.54 Å². The molecule has 1 unspecified atom stereocenters. The Labute approximate surface area is 104 Å². The van der Waals surface area contributed by atoms with E-state index in [2.05, 4.69) is 20.7 Å². The molecule has 0 aliphatic rings. The van der Waals surface area contributed by atoms with E-state index in [0.29, 0.717) is 17.5 Å². The molecule has 1 rings (SSSR count). The number of methoxy groups -OCH3 is 1. The van der Waals surface area contributed by atoms with E-state index in [4.69, 9.17) is 16.3 Å². The van der Waals surface area contributed by atoms with Crippen molar-refractivity contribution in [2.75, 3.05) is 24.4 Å². The Morgan fingerprint density at radius 2 is 2.22 bits per heavy atom. The summed E-state index contributed by atoms with van der Waals surface area (Å²) in [4.78, 5) is 18.8. The fraction of sp³-hybridized carbons (Fsp3) is 0.444. The normalized spacial score (nSPS) is 11.9. The molecule has 9 heteroatoms. The number of ether oxygens (including phenoxy) is 1. The first-order valence-electron chi connectivity index (χ1n) is 5.11. The average molecular weight is 256 g/mol. The molecule has 100 valence electrons. The van der Waals surface area contributed by atoms with Gasteiger partial charge in [0.2, 0.25) is 5.91 Å². The number of hydrogen-bond donors (Lipinski definition) is 5. The van der Waals surface area contributed by atoms with Gasteiger partial charge in [-0.1, -0.05) is 0 Å². The summed E-state index contributed by atoms with van der Waals surface area (Å²) in [7, 11) is 1.51. The third-order valence-corrected chi connectivity index (χ3v) is 2.00. The number of carbonyl (C=O) groups excluding carboxylic acids is 1. The van der Waals surface area contributed by atoms with Crippen LogP contribution in [-0.2, 0) is 16.1 Å². The van der Waals surface area contributed by atoms with Gasteiger partial charge in [-0.2, -0.15) is 0 Å². The molecule has 0 spiro atoms. The van der Waals surface area contributed by atoms with Gasteiger partial charge in [0, 0.05) is 13.2 Å². The second-order valence-electron chi connectivity index (χ2n) is 3.43. The molecule has 0 saturated heterocycles. The van der Waals surface area contributed by atoms with Crippen LogP contribution in [0, 0.1) is 0 Å². The molecule has 0 saturated carbocycles. The van der Waals surface area contributed by atoms with Crippen LogP contribution >= 0.6 is 0 Å². The van der Waals surface area contributed by atoms with Crippen LogP contribution < -0.4 is 22.3 Å². The highest BCUT2D eigenvalue weighted by molar-refractivity contribution is 5.79. The third kappa shape index (κ3) is 4.13. The quantitative estimate of drug-likeness (QED) is 0.282. The summed E-state index contributed by atoms with van der Waals surface area (Å²) in [6.07, 6.45) is -1.29. The van der Waals surface area contributed by atoms with Gasteiger partial charge >= 0.3 is 0 Å². The predicted octanol–water partition coefficient (Wildman–Crippen LogP) is -1.83. The molecule has 9 nitrogen and oxygen atoms in total. The number of aliphatic hydroxyl groups excluding tert-OH is 1. The van der Waals surface area contributed by atoms with E-state index in [1.165, 1.54) is 13.2 Å². The van der Waals surface area contributed by atoms with E-state index >= 15 is 0 Å². The lowest BCUT2D eigenvalue weighted by Gasteiger charge is -2.11. The zero-order valence-electron chi connectivity index (χ0n) is 9.88. The summed E-state index contributed by atoms with van der Waals surface area (Å²) < 4.78 is 4.90. The van der Waals surface area contributed by atoms with Crippen LogP contribution in [0.5, 0.6) is 0 Å². The monoisotopic (exact) mass is 256 g/mol. The van der Waals surface area contributed by atoms with Crippen LogP contribution in [0.1, 0.15) is 5.82 Å². The van der Waals surface area contributed by atoms with E-state index in [0.717, 1.165) is 0 Å². The number of hydrazine groups is 1. The van der Waals surface area contributed by atoms with Crippen molar-refractivity contribution in [2.45, 2.75) is 12.7 Å². The van der Waals surface area contributed by atoms with Crippen LogP contribution in [-0.4, -0.2) is 40.7 Å². The number of amides is 1. The van der Waals surface area contributed by atoms with Crippen molar-refractivity contribution in [3.8, 4) is 0 Å². The van der Waals surface area contributed by atoms with Gasteiger partial charge in [0.1, 0.15) is 24.3 Å². The molecule has 1 aromatic rings. The Kier molecular flexibility index (Phi) is 5.24. The Morgan fingerprint density at radius 3 is 2.78 bits per heavy atom. The third-order valence-electron chi connectivity index (χ3n) is 2.00. The molecule has 0 aromatic carbocycles. The number of primary amides is 1. The summed E-state index contributed by atoms with van der Waals surface area (Å²) in [6, 6.07) is 1.52. The van der Waals surface area contributed by atoms with Crippen molar-refractivity contribution in [1.82, 2.24) is 9.97 Å². The fourth-order valence-corrected chi connectivity index (χ4v) is 1.16. The number of nitrogens with two attached hydrogens (primary N) is 2. The minimum Gasteiger partial charge on any atom is -0.381 e. The molecular formula is C9H16N6O3. The highest BCUT2D eigenvalue weighted by Crippen LogP contribution is 2.10. The number of anilines is 2. The molecule has 0 aliphatic heterocycles. The number of nitrogen functional groups attached to an aromatic ring is 1. The Balaban J connectivity index is 2.74. The van der Waals surface area contributed by atoms with Gasteiger partial charge in [-0.15, -0.1) is 0 Å². The molecule has 1 heterocycles. The van der Waals surface area contributed by atoms with E-state index < -0.39 is 12.0 Å². The van der Waals surface area contributed by atoms with Gasteiger partial charge in [0.25, 0.3) is 0 Å². The van der Waals surface area contributed by atoms with Crippen LogP contribution in [0.4, 0.5) is 11.6 Å². The van der Waals surface area contributed by atoms with E-state index in [1.807, 2.05) is 0 Å². The van der Waals surface area contributed by atoms with Gasteiger partial charge in [-0.25, -0.2) is 15.8 Å². The molecule has 1 amide bonds. The maximum Gasteiger partial charge on any atom is 0.248 e. The number of nitrogens with one attached hydrogen (secondary N) is 2. The number of carbonyl (C=O) groups is 1. The van der Waals surface area contributed by atoms with Gasteiger partial charge in [0.15, 0.2) is 5.82 Å². The average Bonchev–Trinajstić information content (AvgIpc) is 2.35. The van der Waals surface area contributed by atoms with E-state index in [-0.39, 0.29) is 13.2 Å². The maximum absolute atomic E-state index is 10.7. The van der Waals surface area contributed by atoms with Gasteiger partial charge in [-0.05, 0) is 0 Å². The molecule has 18 heavy (non-hydrogen) atoms. The molecular weight excluding hydrogens is 240 g/mol. The largest absolute Gasteiger partial charge is 0.381 e. The van der Waals surface area contributed by atoms with Crippen LogP contribution in [0.2, 0.25) is 0 Å². The fourth-order valence-electron chi connectivity index (χ4n) is 1.16. The van der Waals surface area contributed by atoms with Crippen molar-refractivity contribution < 1.29 is 14.6 Å². The summed E-state index contributed by atoms with van der Waals surface area (Å²) in [6.45, 7) is 0.158. The summed E-state index contributed by atoms with van der Waals surface area (Å²) in [5.41, 5.74) is 7.30. The second-order valence-corrected chi connectivity index (χ2v) is 3.43. The Hall–Kier alpha value is -1.97. The lowest BCUT2D eigenvalue weighted by atomic mass is 10.3. The van der Waals surface area contributed by atoms with Crippen LogP contribution in [0.25, 0.3) is 0 Å². The van der Waals surface area contributed by atoms with E-state index in [9.17, 15) is 9.90 Å². The summed E-state index contributed by atoms with van der Waals surface area (Å²) in [5.74, 6) is 5.62. The smallest absolute Gasteiger partial charge is 0.248 e. The first kappa shape index (κ1) is 14.1. The highest BCUT2D eigenvalue weighted by Gasteiger charge is 2.11. The molecule has 7 N–H and O–H groups in total. The molecule has 0 bridgehead atoms. The van der Waals surface area contributed by atoms with Crippen molar-refractivity contribution in [3.05, 3.63) is 11.9 Å². The molecule has 1 aromatic heterocycles. The summed E-state index contributed by atoms with van der Waals surface area (Å²) >= 11 is 0. The first-order chi connectivity index (χ1) is 8.56. The lowest BCUT2D eigenvalue weighted by molar-refractivity contribution is -0.125. The predicted molar refractivity (Wildman–Crippen MR) is 64.2 cm³/mol. The number of hydrogen-bond acceptors (Lipinski definition) is 8. The zero-order valence-corrected chi connectivity index (χ0v) is 9.88. The van der Waals surface area contributed by atoms with Crippen LogP contribution in [0.3, 0.4) is 0 Å². The van der Waals surface area contributed by atoms with E-state index in [1.54, 1.807) is 0 Å². The Morgan fingerprint density at radius 1 is 1.56 bits per heavy atom. The van der Waals surface area contributed by atoms with Crippen LogP contribution in [0.15, 0.2) is 6.07 Å². The van der Waals surface area contributed by atoms with Crippen molar-refractivity contribution in [1.29, 1.82) is 0 Å². The molecule has 0 radical (unpaired) electrons. The lowest BCUT2D eigenvalue weighted by Crippen LogP contribution is -2.34. The number of nitrogens with zero attached hydrogens (tertiary/aromatic N) is 2. The zero-order chi connectivity index (χ0) is 13.5. The SMILES string of the molecule is COCc1nc(NN)cc(NCC(O)C(N)=O)n1. The number of aromatic nitrogens is 2. The first-order valence-corrected chi connectivity index (χ1v) is 5.11. The van der Waals surface area contributed by atoms with Crippen molar-refractivity contribution in [2.24, 2.45) is 11.6 Å². The number of aliphatic hydroxyl groups is 1.